The van der Waals surface area contributed by atoms with Gasteiger partial charge in [0.25, 0.3) is 0 Å². The highest BCUT2D eigenvalue weighted by atomic mass is 79.9. The molecule has 1 aromatic carbocycles. The van der Waals surface area contributed by atoms with Gasteiger partial charge in [0.2, 0.25) is 0 Å². The maximum absolute atomic E-state index is 13.9. The van der Waals surface area contributed by atoms with Gasteiger partial charge in [0, 0.05) is 22.7 Å². The average Bonchev–Trinajstić information content (AvgIpc) is 2.37. The Morgan fingerprint density at radius 1 is 1.37 bits per heavy atom. The maximum Gasteiger partial charge on any atom is 0.166 e. The van der Waals surface area contributed by atoms with E-state index in [1.807, 2.05) is 38.2 Å². The van der Waals surface area contributed by atoms with Crippen molar-refractivity contribution in [3.8, 4) is 0 Å². The van der Waals surface area contributed by atoms with Crippen LogP contribution in [0.5, 0.6) is 0 Å². The van der Waals surface area contributed by atoms with Gasteiger partial charge in [0.1, 0.15) is 0 Å². The molecule has 2 nitrogen and oxygen atoms in total. The SMILES string of the molecule is CC(c1cccc(Cl)c1)N(C)c1ncc(Br)cc1F. The van der Waals surface area contributed by atoms with Crippen LogP contribution in [0.25, 0.3) is 0 Å². The highest BCUT2D eigenvalue weighted by Gasteiger charge is 2.17. The fourth-order valence-corrected chi connectivity index (χ4v) is 2.34. The number of rotatable bonds is 3. The number of aromatic nitrogens is 1. The third-order valence-corrected chi connectivity index (χ3v) is 3.70. The summed E-state index contributed by atoms with van der Waals surface area (Å²) in [6.45, 7) is 1.98. The Morgan fingerprint density at radius 2 is 2.11 bits per heavy atom. The molecule has 2 rings (SSSR count). The van der Waals surface area contributed by atoms with Crippen LogP contribution in [0, 0.1) is 5.82 Å². The van der Waals surface area contributed by atoms with Crippen molar-refractivity contribution in [2.24, 2.45) is 0 Å². The Labute approximate surface area is 125 Å². The zero-order chi connectivity index (χ0) is 14.0. The average molecular weight is 344 g/mol. The largest absolute Gasteiger partial charge is 0.350 e. The minimum Gasteiger partial charge on any atom is -0.350 e. The molecule has 1 atom stereocenters. The van der Waals surface area contributed by atoms with Crippen LogP contribution in [0.3, 0.4) is 0 Å². The summed E-state index contributed by atoms with van der Waals surface area (Å²) >= 11 is 9.18. The molecule has 5 heteroatoms. The van der Waals surface area contributed by atoms with Crippen LogP contribution in [-0.2, 0) is 0 Å². The van der Waals surface area contributed by atoms with E-state index in [1.165, 1.54) is 6.07 Å². The van der Waals surface area contributed by atoms with Gasteiger partial charge in [-0.15, -0.1) is 0 Å². The third kappa shape index (κ3) is 3.25. The fourth-order valence-electron chi connectivity index (χ4n) is 1.84. The first-order chi connectivity index (χ1) is 8.99. The monoisotopic (exact) mass is 342 g/mol. The Hall–Kier alpha value is -1.13. The van der Waals surface area contributed by atoms with Gasteiger partial charge in [-0.3, -0.25) is 0 Å². The fraction of sp³-hybridized carbons (Fsp3) is 0.214. The van der Waals surface area contributed by atoms with Crippen LogP contribution < -0.4 is 4.90 Å². The summed E-state index contributed by atoms with van der Waals surface area (Å²) in [4.78, 5) is 5.90. The molecule has 100 valence electrons. The summed E-state index contributed by atoms with van der Waals surface area (Å²) < 4.78 is 14.5. The number of nitrogens with zero attached hydrogens (tertiary/aromatic N) is 2. The van der Waals surface area contributed by atoms with Gasteiger partial charge >= 0.3 is 0 Å². The van der Waals surface area contributed by atoms with E-state index >= 15 is 0 Å². The van der Waals surface area contributed by atoms with Gasteiger partial charge in [-0.25, -0.2) is 9.37 Å². The van der Waals surface area contributed by atoms with Crippen LogP contribution in [0.1, 0.15) is 18.5 Å². The predicted octanol–water partition coefficient (Wildman–Crippen LogP) is 4.83. The van der Waals surface area contributed by atoms with E-state index in [-0.39, 0.29) is 11.9 Å². The van der Waals surface area contributed by atoms with Gasteiger partial charge in [-0.2, -0.15) is 0 Å². The summed E-state index contributed by atoms with van der Waals surface area (Å²) in [5.41, 5.74) is 1.01. The normalized spacial score (nSPS) is 12.3. The van der Waals surface area contributed by atoms with E-state index in [4.69, 9.17) is 11.6 Å². The van der Waals surface area contributed by atoms with Crippen molar-refractivity contribution < 1.29 is 4.39 Å². The lowest BCUT2D eigenvalue weighted by molar-refractivity contribution is 0.601. The number of benzene rings is 1. The van der Waals surface area contributed by atoms with Crippen molar-refractivity contribution in [1.29, 1.82) is 0 Å². The molecular formula is C14H13BrClFN2. The molecule has 0 aliphatic heterocycles. The zero-order valence-electron chi connectivity index (χ0n) is 10.6. The molecule has 1 heterocycles. The molecule has 19 heavy (non-hydrogen) atoms. The molecule has 0 spiro atoms. The van der Waals surface area contributed by atoms with Crippen LogP contribution >= 0.6 is 27.5 Å². The standard InChI is InChI=1S/C14H13BrClFN2/c1-9(10-4-3-5-12(16)6-10)19(2)14-13(17)7-11(15)8-18-14/h3-9H,1-2H3. The lowest BCUT2D eigenvalue weighted by Gasteiger charge is -2.26. The molecule has 0 amide bonds. The second-order valence-corrected chi connectivity index (χ2v) is 5.65. The van der Waals surface area contributed by atoms with Gasteiger partial charge < -0.3 is 4.90 Å². The van der Waals surface area contributed by atoms with Gasteiger partial charge in [0.15, 0.2) is 11.6 Å². The summed E-state index contributed by atoms with van der Waals surface area (Å²) in [7, 11) is 1.81. The van der Waals surface area contributed by atoms with E-state index in [2.05, 4.69) is 20.9 Å². The molecule has 0 saturated carbocycles. The second-order valence-electron chi connectivity index (χ2n) is 4.30. The summed E-state index contributed by atoms with van der Waals surface area (Å²) in [5, 5.41) is 0.669. The summed E-state index contributed by atoms with van der Waals surface area (Å²) in [6.07, 6.45) is 1.58. The van der Waals surface area contributed by atoms with Crippen molar-refractivity contribution in [3.63, 3.8) is 0 Å². The molecule has 0 aliphatic carbocycles. The summed E-state index contributed by atoms with van der Waals surface area (Å²) in [5.74, 6) is -0.0403. The lowest BCUT2D eigenvalue weighted by atomic mass is 10.1. The van der Waals surface area contributed by atoms with E-state index in [9.17, 15) is 4.39 Å². The smallest absolute Gasteiger partial charge is 0.166 e. The highest BCUT2D eigenvalue weighted by molar-refractivity contribution is 9.10. The van der Waals surface area contributed by atoms with Gasteiger partial charge in [-0.05, 0) is 46.6 Å². The second kappa shape index (κ2) is 5.88. The zero-order valence-corrected chi connectivity index (χ0v) is 12.9. The first kappa shape index (κ1) is 14.3. The first-order valence-electron chi connectivity index (χ1n) is 5.78. The molecule has 0 radical (unpaired) electrons. The number of pyridine rings is 1. The molecule has 0 saturated heterocycles. The third-order valence-electron chi connectivity index (χ3n) is 3.03. The van der Waals surface area contributed by atoms with E-state index in [0.29, 0.717) is 15.3 Å². The minimum absolute atomic E-state index is 0.0260. The minimum atomic E-state index is -0.356. The topological polar surface area (TPSA) is 16.1 Å². The Bertz CT molecular complexity index is 591. The quantitative estimate of drug-likeness (QED) is 0.793. The molecule has 1 aromatic heterocycles. The van der Waals surface area contributed by atoms with Crippen LogP contribution in [0.2, 0.25) is 5.02 Å². The van der Waals surface area contributed by atoms with Crippen molar-refractivity contribution in [1.82, 2.24) is 4.98 Å². The van der Waals surface area contributed by atoms with Crippen LogP contribution in [0.15, 0.2) is 41.0 Å². The number of hydrogen-bond acceptors (Lipinski definition) is 2. The van der Waals surface area contributed by atoms with Crippen LogP contribution in [0.4, 0.5) is 10.2 Å². The Kier molecular flexibility index (Phi) is 4.42. The molecule has 0 aliphatic rings. The Morgan fingerprint density at radius 3 is 2.74 bits per heavy atom. The van der Waals surface area contributed by atoms with Crippen molar-refractivity contribution in [2.45, 2.75) is 13.0 Å². The predicted molar refractivity (Wildman–Crippen MR) is 80.2 cm³/mol. The number of hydrogen-bond donors (Lipinski definition) is 0. The van der Waals surface area contributed by atoms with Crippen molar-refractivity contribution in [2.75, 3.05) is 11.9 Å². The van der Waals surface area contributed by atoms with E-state index < -0.39 is 0 Å². The molecular weight excluding hydrogens is 331 g/mol. The molecule has 0 bridgehead atoms. The summed E-state index contributed by atoms with van der Waals surface area (Å²) in [6, 6.07) is 8.91. The highest BCUT2D eigenvalue weighted by Crippen LogP contribution is 2.28. The number of anilines is 1. The maximum atomic E-state index is 13.9. The van der Waals surface area contributed by atoms with Crippen molar-refractivity contribution >= 4 is 33.3 Å². The van der Waals surface area contributed by atoms with Gasteiger partial charge in [-0.1, -0.05) is 23.7 Å². The van der Waals surface area contributed by atoms with Gasteiger partial charge in [0.05, 0.1) is 6.04 Å². The molecule has 2 aromatic rings. The molecule has 0 N–H and O–H groups in total. The first-order valence-corrected chi connectivity index (χ1v) is 6.95. The van der Waals surface area contributed by atoms with E-state index in [0.717, 1.165) is 5.56 Å². The van der Waals surface area contributed by atoms with Crippen molar-refractivity contribution in [3.05, 3.63) is 57.4 Å². The molecule has 0 fully saturated rings. The molecule has 1 unspecified atom stereocenters. The Balaban J connectivity index is 2.30. The lowest BCUT2D eigenvalue weighted by Crippen LogP contribution is -2.23. The number of halogens is 3. The van der Waals surface area contributed by atoms with E-state index in [1.54, 1.807) is 11.1 Å². The van der Waals surface area contributed by atoms with Crippen LogP contribution in [-0.4, -0.2) is 12.0 Å².